The first-order chi connectivity index (χ1) is 9.47. The van der Waals surface area contributed by atoms with Crippen LogP contribution in [0.1, 0.15) is 24.1 Å². The van der Waals surface area contributed by atoms with E-state index in [1.165, 1.54) is 6.07 Å². The van der Waals surface area contributed by atoms with Gasteiger partial charge < -0.3 is 10.6 Å². The van der Waals surface area contributed by atoms with Crippen LogP contribution in [-0.2, 0) is 6.54 Å². The van der Waals surface area contributed by atoms with Gasteiger partial charge in [-0.1, -0.05) is 18.2 Å². The van der Waals surface area contributed by atoms with Gasteiger partial charge in [-0.25, -0.2) is 4.39 Å². The standard InChI is InChI=1S/C16H18BrFN2/c1-11(19)13-6-7-16(15(17)9-13)20(2)10-12-4-3-5-14(18)8-12/h3-9,11H,10,19H2,1-2H3/t11-/m0/s1. The van der Waals surface area contributed by atoms with Crippen LogP contribution < -0.4 is 10.6 Å². The van der Waals surface area contributed by atoms with Gasteiger partial charge in [-0.05, 0) is 58.2 Å². The predicted octanol–water partition coefficient (Wildman–Crippen LogP) is 4.24. The molecule has 0 radical (unpaired) electrons. The lowest BCUT2D eigenvalue weighted by Gasteiger charge is -2.22. The molecule has 1 atom stereocenters. The molecule has 2 rings (SSSR count). The van der Waals surface area contributed by atoms with Gasteiger partial charge in [0, 0.05) is 24.1 Å². The number of hydrogen-bond acceptors (Lipinski definition) is 2. The van der Waals surface area contributed by atoms with Crippen molar-refractivity contribution in [1.82, 2.24) is 0 Å². The molecule has 0 spiro atoms. The second kappa shape index (κ2) is 6.37. The highest BCUT2D eigenvalue weighted by atomic mass is 79.9. The van der Waals surface area contributed by atoms with Gasteiger partial charge in [0.2, 0.25) is 0 Å². The summed E-state index contributed by atoms with van der Waals surface area (Å²) in [6, 6.07) is 12.7. The summed E-state index contributed by atoms with van der Waals surface area (Å²) in [6.07, 6.45) is 0. The van der Waals surface area contributed by atoms with Gasteiger partial charge in [0.15, 0.2) is 0 Å². The predicted molar refractivity (Wildman–Crippen MR) is 85.3 cm³/mol. The summed E-state index contributed by atoms with van der Waals surface area (Å²) in [4.78, 5) is 2.07. The van der Waals surface area contributed by atoms with Gasteiger partial charge in [0.1, 0.15) is 5.82 Å². The quantitative estimate of drug-likeness (QED) is 0.904. The van der Waals surface area contributed by atoms with E-state index in [0.717, 1.165) is 21.3 Å². The molecule has 106 valence electrons. The molecule has 20 heavy (non-hydrogen) atoms. The Labute approximate surface area is 127 Å². The average Bonchev–Trinajstić information content (AvgIpc) is 2.38. The van der Waals surface area contributed by atoms with E-state index in [1.54, 1.807) is 12.1 Å². The SMILES string of the molecule is C[C@H](N)c1ccc(N(C)Cc2cccc(F)c2)c(Br)c1. The molecule has 0 fully saturated rings. The van der Waals surface area contributed by atoms with E-state index in [9.17, 15) is 4.39 Å². The highest BCUT2D eigenvalue weighted by Gasteiger charge is 2.09. The van der Waals surface area contributed by atoms with Crippen molar-refractivity contribution in [2.45, 2.75) is 19.5 Å². The van der Waals surface area contributed by atoms with Crippen LogP contribution in [0.3, 0.4) is 0 Å². The topological polar surface area (TPSA) is 29.3 Å². The Bertz CT molecular complexity index is 599. The van der Waals surface area contributed by atoms with Crippen molar-refractivity contribution in [3.63, 3.8) is 0 Å². The number of halogens is 2. The molecule has 0 bridgehead atoms. The molecule has 4 heteroatoms. The number of nitrogens with zero attached hydrogens (tertiary/aromatic N) is 1. The Balaban J connectivity index is 2.19. The third-order valence-corrected chi connectivity index (χ3v) is 3.85. The molecule has 2 nitrogen and oxygen atoms in total. The van der Waals surface area contributed by atoms with Crippen molar-refractivity contribution in [3.05, 3.63) is 63.9 Å². The Morgan fingerprint density at radius 1 is 1.25 bits per heavy atom. The van der Waals surface area contributed by atoms with Crippen molar-refractivity contribution in [1.29, 1.82) is 0 Å². The second-order valence-electron chi connectivity index (χ2n) is 4.99. The molecular formula is C16H18BrFN2. The molecule has 0 amide bonds. The van der Waals surface area contributed by atoms with E-state index in [0.29, 0.717) is 6.54 Å². The fourth-order valence-electron chi connectivity index (χ4n) is 2.11. The van der Waals surface area contributed by atoms with Gasteiger partial charge in [-0.3, -0.25) is 0 Å². The Morgan fingerprint density at radius 2 is 2.00 bits per heavy atom. The summed E-state index contributed by atoms with van der Waals surface area (Å²) in [5.74, 6) is -0.206. The molecule has 0 saturated heterocycles. The Kier molecular flexibility index (Phi) is 4.78. The van der Waals surface area contributed by atoms with E-state index in [4.69, 9.17) is 5.73 Å². The highest BCUT2D eigenvalue weighted by Crippen LogP contribution is 2.29. The molecule has 0 aliphatic heterocycles. The summed E-state index contributed by atoms with van der Waals surface area (Å²) in [6.45, 7) is 2.60. The van der Waals surface area contributed by atoms with Crippen LogP contribution in [-0.4, -0.2) is 7.05 Å². The van der Waals surface area contributed by atoms with Crippen LogP contribution in [0.15, 0.2) is 46.9 Å². The number of rotatable bonds is 4. The van der Waals surface area contributed by atoms with Crippen LogP contribution in [0.2, 0.25) is 0 Å². The summed E-state index contributed by atoms with van der Waals surface area (Å²) in [5, 5.41) is 0. The largest absolute Gasteiger partial charge is 0.369 e. The van der Waals surface area contributed by atoms with E-state index in [-0.39, 0.29) is 11.9 Å². The first kappa shape index (κ1) is 15.0. The van der Waals surface area contributed by atoms with Crippen molar-refractivity contribution in [3.8, 4) is 0 Å². The summed E-state index contributed by atoms with van der Waals surface area (Å²) in [5.41, 5.74) is 8.95. The monoisotopic (exact) mass is 336 g/mol. The van der Waals surface area contributed by atoms with Crippen molar-refractivity contribution in [2.24, 2.45) is 5.73 Å². The van der Waals surface area contributed by atoms with E-state index >= 15 is 0 Å². The number of benzene rings is 2. The molecular weight excluding hydrogens is 319 g/mol. The number of hydrogen-bond donors (Lipinski definition) is 1. The first-order valence-corrected chi connectivity index (χ1v) is 7.27. The van der Waals surface area contributed by atoms with Gasteiger partial charge >= 0.3 is 0 Å². The minimum Gasteiger partial charge on any atom is -0.369 e. The third-order valence-electron chi connectivity index (χ3n) is 3.22. The van der Waals surface area contributed by atoms with E-state index in [2.05, 4.69) is 20.8 Å². The minimum absolute atomic E-state index is 0.00822. The van der Waals surface area contributed by atoms with Crippen molar-refractivity contribution >= 4 is 21.6 Å². The maximum Gasteiger partial charge on any atom is 0.123 e. The number of nitrogens with two attached hydrogens (primary N) is 1. The lowest BCUT2D eigenvalue weighted by atomic mass is 10.1. The average molecular weight is 337 g/mol. The molecule has 0 saturated carbocycles. The minimum atomic E-state index is -0.206. The zero-order valence-corrected chi connectivity index (χ0v) is 13.2. The lowest BCUT2D eigenvalue weighted by molar-refractivity contribution is 0.625. The van der Waals surface area contributed by atoms with Crippen LogP contribution >= 0.6 is 15.9 Å². The Morgan fingerprint density at radius 3 is 2.60 bits per heavy atom. The highest BCUT2D eigenvalue weighted by molar-refractivity contribution is 9.10. The van der Waals surface area contributed by atoms with E-state index < -0.39 is 0 Å². The van der Waals surface area contributed by atoms with Crippen molar-refractivity contribution < 1.29 is 4.39 Å². The van der Waals surface area contributed by atoms with Crippen LogP contribution in [0.4, 0.5) is 10.1 Å². The van der Waals surface area contributed by atoms with Gasteiger partial charge in [0.25, 0.3) is 0 Å². The molecule has 0 aromatic heterocycles. The van der Waals surface area contributed by atoms with Gasteiger partial charge in [-0.2, -0.15) is 0 Å². The molecule has 0 heterocycles. The van der Waals surface area contributed by atoms with Crippen LogP contribution in [0.25, 0.3) is 0 Å². The maximum absolute atomic E-state index is 13.2. The Hall–Kier alpha value is -1.39. The molecule has 2 N–H and O–H groups in total. The van der Waals surface area contributed by atoms with E-state index in [1.807, 2.05) is 38.2 Å². The maximum atomic E-state index is 13.2. The molecule has 2 aromatic rings. The van der Waals surface area contributed by atoms with Crippen LogP contribution in [0.5, 0.6) is 0 Å². The fraction of sp³-hybridized carbons (Fsp3) is 0.250. The zero-order valence-electron chi connectivity index (χ0n) is 11.6. The molecule has 2 aromatic carbocycles. The van der Waals surface area contributed by atoms with Crippen LogP contribution in [0, 0.1) is 5.82 Å². The van der Waals surface area contributed by atoms with Gasteiger partial charge in [-0.15, -0.1) is 0 Å². The third kappa shape index (κ3) is 3.58. The first-order valence-electron chi connectivity index (χ1n) is 6.48. The summed E-state index contributed by atoms with van der Waals surface area (Å²) >= 11 is 3.57. The molecule has 0 unspecified atom stereocenters. The van der Waals surface area contributed by atoms with Crippen molar-refractivity contribution in [2.75, 3.05) is 11.9 Å². The fourth-order valence-corrected chi connectivity index (χ4v) is 2.81. The zero-order chi connectivity index (χ0) is 14.7. The molecule has 0 aliphatic carbocycles. The second-order valence-corrected chi connectivity index (χ2v) is 5.84. The van der Waals surface area contributed by atoms with Gasteiger partial charge in [0.05, 0.1) is 5.69 Å². The summed E-state index contributed by atoms with van der Waals surface area (Å²) < 4.78 is 14.2. The normalized spacial score (nSPS) is 12.2. The molecule has 0 aliphatic rings. The lowest BCUT2D eigenvalue weighted by Crippen LogP contribution is -2.17. The number of anilines is 1. The summed E-state index contributed by atoms with van der Waals surface area (Å²) in [7, 11) is 1.98. The smallest absolute Gasteiger partial charge is 0.123 e.